The average Bonchev–Trinajstić information content (AvgIpc) is 2.74. The Morgan fingerprint density at radius 1 is 0.429 bits per heavy atom. The number of aryl methyl sites for hydroxylation is 2. The molecule has 0 unspecified atom stereocenters. The lowest BCUT2D eigenvalue weighted by Crippen LogP contribution is -1.83. The lowest BCUT2D eigenvalue weighted by atomic mass is 10.0. The Bertz CT molecular complexity index is 975. The van der Waals surface area contributed by atoms with Crippen LogP contribution in [-0.2, 0) is 0 Å². The highest BCUT2D eigenvalue weighted by atomic mass is 33.1. The monoisotopic (exact) mass is 398 g/mol. The maximum atomic E-state index is 2.21. The van der Waals surface area contributed by atoms with Gasteiger partial charge in [-0.3, -0.25) is 0 Å². The average molecular weight is 399 g/mol. The van der Waals surface area contributed by atoms with Crippen LogP contribution in [0.2, 0.25) is 0 Å². The third-order valence-corrected chi connectivity index (χ3v) is 7.20. The van der Waals surface area contributed by atoms with Crippen molar-refractivity contribution in [1.82, 2.24) is 0 Å². The first kappa shape index (κ1) is 18.9. The molecule has 0 saturated carbocycles. The molecule has 2 heteroatoms. The highest BCUT2D eigenvalue weighted by Gasteiger charge is 2.09. The molecule has 138 valence electrons. The van der Waals surface area contributed by atoms with Gasteiger partial charge in [-0.25, -0.2) is 0 Å². The predicted octanol–water partition coefficient (Wildman–Crippen LogP) is 8.44. The fourth-order valence-corrected chi connectivity index (χ4v) is 5.52. The smallest absolute Gasteiger partial charge is 0.0264 e. The SMILES string of the molecule is Cc1ccc(-c2ccccc2SSc2ccccc2-c2ccc(C)cc2)cc1. The lowest BCUT2D eigenvalue weighted by molar-refractivity contribution is 1.42. The molecule has 0 aromatic heterocycles. The molecule has 0 saturated heterocycles. The van der Waals surface area contributed by atoms with Crippen LogP contribution in [0.25, 0.3) is 22.3 Å². The first-order valence-electron chi connectivity index (χ1n) is 9.37. The number of hydrogen-bond acceptors (Lipinski definition) is 2. The predicted molar refractivity (Wildman–Crippen MR) is 125 cm³/mol. The fraction of sp³-hybridized carbons (Fsp3) is 0.0769. The minimum absolute atomic E-state index is 1.26. The Balaban J connectivity index is 1.61. The van der Waals surface area contributed by atoms with Crippen LogP contribution in [0.4, 0.5) is 0 Å². The van der Waals surface area contributed by atoms with Gasteiger partial charge in [-0.1, -0.05) is 118 Å². The maximum Gasteiger partial charge on any atom is 0.0264 e. The Hall–Kier alpha value is -2.42. The Kier molecular flexibility index (Phi) is 5.90. The van der Waals surface area contributed by atoms with Gasteiger partial charge in [0.1, 0.15) is 0 Å². The van der Waals surface area contributed by atoms with Crippen LogP contribution in [-0.4, -0.2) is 0 Å². The van der Waals surface area contributed by atoms with Crippen LogP contribution in [0.1, 0.15) is 11.1 Å². The van der Waals surface area contributed by atoms with Crippen molar-refractivity contribution in [3.8, 4) is 22.3 Å². The maximum absolute atomic E-state index is 2.21. The van der Waals surface area contributed by atoms with Crippen molar-refractivity contribution >= 4 is 21.6 Å². The quantitative estimate of drug-likeness (QED) is 0.309. The summed E-state index contributed by atoms with van der Waals surface area (Å²) in [7, 11) is 3.66. The summed E-state index contributed by atoms with van der Waals surface area (Å²) in [6.07, 6.45) is 0. The first-order chi connectivity index (χ1) is 13.7. The van der Waals surface area contributed by atoms with Gasteiger partial charge in [-0.15, -0.1) is 0 Å². The molecule has 0 atom stereocenters. The Labute approximate surface area is 175 Å². The van der Waals surface area contributed by atoms with Crippen molar-refractivity contribution in [3.05, 3.63) is 108 Å². The number of benzene rings is 4. The molecular formula is C26H22S2. The molecule has 0 aliphatic heterocycles. The summed E-state index contributed by atoms with van der Waals surface area (Å²) in [5.74, 6) is 0. The minimum atomic E-state index is 1.26. The molecule has 0 bridgehead atoms. The zero-order valence-corrected chi connectivity index (χ0v) is 17.7. The summed E-state index contributed by atoms with van der Waals surface area (Å²) in [5, 5.41) is 0. The van der Waals surface area contributed by atoms with Gasteiger partial charge >= 0.3 is 0 Å². The zero-order chi connectivity index (χ0) is 19.3. The molecule has 4 aromatic carbocycles. The van der Waals surface area contributed by atoms with E-state index in [0.717, 1.165) is 0 Å². The van der Waals surface area contributed by atoms with Crippen LogP contribution in [0.15, 0.2) is 107 Å². The Morgan fingerprint density at radius 2 is 0.786 bits per heavy atom. The Morgan fingerprint density at radius 3 is 1.18 bits per heavy atom. The van der Waals surface area contributed by atoms with Gasteiger partial charge in [0.2, 0.25) is 0 Å². The van der Waals surface area contributed by atoms with E-state index in [2.05, 4.69) is 111 Å². The summed E-state index contributed by atoms with van der Waals surface area (Å²) in [6, 6.07) is 34.8. The zero-order valence-electron chi connectivity index (χ0n) is 16.1. The standard InChI is InChI=1S/C26H22S2/c1-19-11-15-21(16-12-19)23-7-3-5-9-25(23)27-28-26-10-6-4-8-24(26)22-17-13-20(2)14-18-22/h3-18H,1-2H3. The van der Waals surface area contributed by atoms with Gasteiger partial charge in [-0.05, 0) is 48.2 Å². The van der Waals surface area contributed by atoms with Crippen molar-refractivity contribution in [2.75, 3.05) is 0 Å². The summed E-state index contributed by atoms with van der Waals surface area (Å²) < 4.78 is 0. The van der Waals surface area contributed by atoms with Crippen LogP contribution in [0.3, 0.4) is 0 Å². The van der Waals surface area contributed by atoms with Gasteiger partial charge < -0.3 is 0 Å². The van der Waals surface area contributed by atoms with E-state index in [1.807, 2.05) is 21.6 Å². The van der Waals surface area contributed by atoms with E-state index in [1.54, 1.807) is 0 Å². The molecule has 0 nitrogen and oxygen atoms in total. The first-order valence-corrected chi connectivity index (χ1v) is 11.5. The van der Waals surface area contributed by atoms with Crippen molar-refractivity contribution in [2.24, 2.45) is 0 Å². The van der Waals surface area contributed by atoms with E-state index in [0.29, 0.717) is 0 Å². The highest BCUT2D eigenvalue weighted by Crippen LogP contribution is 2.45. The largest absolute Gasteiger partial charge is 0.0616 e. The highest BCUT2D eigenvalue weighted by molar-refractivity contribution is 8.76. The van der Waals surface area contributed by atoms with Crippen molar-refractivity contribution < 1.29 is 0 Å². The van der Waals surface area contributed by atoms with E-state index in [4.69, 9.17) is 0 Å². The second kappa shape index (κ2) is 8.72. The number of rotatable bonds is 5. The second-order valence-electron chi connectivity index (χ2n) is 6.89. The van der Waals surface area contributed by atoms with Crippen LogP contribution >= 0.6 is 21.6 Å². The van der Waals surface area contributed by atoms with Gasteiger partial charge in [0.05, 0.1) is 0 Å². The van der Waals surface area contributed by atoms with Gasteiger partial charge in [0.25, 0.3) is 0 Å². The molecule has 0 aliphatic rings. The molecule has 0 fully saturated rings. The van der Waals surface area contributed by atoms with Crippen LogP contribution < -0.4 is 0 Å². The summed E-state index contributed by atoms with van der Waals surface area (Å²) in [5.41, 5.74) is 7.67. The minimum Gasteiger partial charge on any atom is -0.0616 e. The number of hydrogen-bond donors (Lipinski definition) is 0. The van der Waals surface area contributed by atoms with Crippen molar-refractivity contribution in [2.45, 2.75) is 23.6 Å². The fourth-order valence-electron chi connectivity index (χ4n) is 3.11. The molecule has 0 amide bonds. The third-order valence-electron chi connectivity index (χ3n) is 4.72. The molecule has 4 rings (SSSR count). The molecular weight excluding hydrogens is 376 g/mol. The van der Waals surface area contributed by atoms with Crippen molar-refractivity contribution in [1.29, 1.82) is 0 Å². The van der Waals surface area contributed by atoms with Gasteiger partial charge in [0, 0.05) is 9.79 Å². The second-order valence-corrected chi connectivity index (χ2v) is 9.10. The molecule has 0 radical (unpaired) electrons. The van der Waals surface area contributed by atoms with Crippen LogP contribution in [0, 0.1) is 13.8 Å². The molecule has 0 heterocycles. The molecule has 0 aliphatic carbocycles. The molecule has 28 heavy (non-hydrogen) atoms. The topological polar surface area (TPSA) is 0 Å². The summed E-state index contributed by atoms with van der Waals surface area (Å²) in [6.45, 7) is 4.25. The van der Waals surface area contributed by atoms with E-state index < -0.39 is 0 Å². The van der Waals surface area contributed by atoms with Crippen molar-refractivity contribution in [3.63, 3.8) is 0 Å². The van der Waals surface area contributed by atoms with E-state index in [-0.39, 0.29) is 0 Å². The van der Waals surface area contributed by atoms with E-state index in [1.165, 1.54) is 43.2 Å². The van der Waals surface area contributed by atoms with Gasteiger partial charge in [0.15, 0.2) is 0 Å². The lowest BCUT2D eigenvalue weighted by Gasteiger charge is -2.12. The van der Waals surface area contributed by atoms with Crippen LogP contribution in [0.5, 0.6) is 0 Å². The molecule has 0 spiro atoms. The molecule has 0 N–H and O–H groups in total. The van der Waals surface area contributed by atoms with Gasteiger partial charge in [-0.2, -0.15) is 0 Å². The van der Waals surface area contributed by atoms with E-state index in [9.17, 15) is 0 Å². The third kappa shape index (κ3) is 4.35. The summed E-state index contributed by atoms with van der Waals surface area (Å²) >= 11 is 0. The molecule has 4 aromatic rings. The van der Waals surface area contributed by atoms with E-state index >= 15 is 0 Å². The summed E-state index contributed by atoms with van der Waals surface area (Å²) in [4.78, 5) is 2.57. The normalized spacial score (nSPS) is 10.8.